The fourth-order valence-electron chi connectivity index (χ4n) is 1.38. The lowest BCUT2D eigenvalue weighted by Gasteiger charge is -1.98. The zero-order valence-electron chi connectivity index (χ0n) is 9.63. The third kappa shape index (κ3) is 3.64. The minimum Gasteiger partial charge on any atom is -0.481 e. The third-order valence-electron chi connectivity index (χ3n) is 2.22. The minimum atomic E-state index is -0.783. The van der Waals surface area contributed by atoms with Crippen LogP contribution in [0, 0.1) is 0 Å². The van der Waals surface area contributed by atoms with Gasteiger partial charge in [-0.3, -0.25) is 4.79 Å². The van der Waals surface area contributed by atoms with Gasteiger partial charge in [-0.25, -0.2) is 0 Å². The fraction of sp³-hybridized carbons (Fsp3) is 0.364. The Morgan fingerprint density at radius 3 is 3.11 bits per heavy atom. The van der Waals surface area contributed by atoms with Crippen LogP contribution in [0.4, 0.5) is 0 Å². The molecule has 0 saturated heterocycles. The van der Waals surface area contributed by atoms with Gasteiger partial charge in [-0.05, 0) is 24.4 Å². The molecule has 0 aliphatic heterocycles. The molecule has 0 amide bonds. The van der Waals surface area contributed by atoms with Gasteiger partial charge in [0.15, 0.2) is 0 Å². The number of aromatic nitrogens is 2. The van der Waals surface area contributed by atoms with Gasteiger partial charge >= 0.3 is 5.97 Å². The first kappa shape index (κ1) is 12.7. The molecule has 0 aliphatic rings. The zero-order valence-corrected chi connectivity index (χ0v) is 10.4. The van der Waals surface area contributed by atoms with Crippen LogP contribution in [0.1, 0.15) is 18.7 Å². The van der Waals surface area contributed by atoms with Crippen molar-refractivity contribution >= 4 is 17.3 Å². The summed E-state index contributed by atoms with van der Waals surface area (Å²) in [5.74, 6) is 0.246. The minimum absolute atomic E-state index is 0.164. The molecule has 2 N–H and O–H groups in total. The predicted molar refractivity (Wildman–Crippen MR) is 66.2 cm³/mol. The number of nitrogens with one attached hydrogen (secondary N) is 1. The Kier molecular flexibility index (Phi) is 4.43. The monoisotopic (exact) mass is 267 g/mol. The molecule has 2 rings (SSSR count). The summed E-state index contributed by atoms with van der Waals surface area (Å²) in [7, 11) is 0. The van der Waals surface area contributed by atoms with Crippen LogP contribution in [0.2, 0.25) is 0 Å². The number of hydrogen-bond acceptors (Lipinski definition) is 6. The van der Waals surface area contributed by atoms with Crippen LogP contribution in [0.3, 0.4) is 0 Å². The lowest BCUT2D eigenvalue weighted by molar-refractivity contribution is -0.137. The summed E-state index contributed by atoms with van der Waals surface area (Å²) in [6.45, 7) is 1.07. The summed E-state index contributed by atoms with van der Waals surface area (Å²) >= 11 is 1.54. The van der Waals surface area contributed by atoms with E-state index in [0.717, 1.165) is 4.88 Å². The Morgan fingerprint density at radius 2 is 2.39 bits per heavy atom. The van der Waals surface area contributed by atoms with Crippen LogP contribution in [-0.2, 0) is 11.3 Å². The number of nitrogens with zero attached hydrogens (tertiary/aromatic N) is 2. The van der Waals surface area contributed by atoms with Crippen LogP contribution in [-0.4, -0.2) is 27.8 Å². The highest BCUT2D eigenvalue weighted by atomic mass is 32.1. The maximum atomic E-state index is 10.3. The smallest absolute Gasteiger partial charge is 0.303 e. The summed E-state index contributed by atoms with van der Waals surface area (Å²) in [5.41, 5.74) is 0. The normalized spacial score (nSPS) is 10.7. The largest absolute Gasteiger partial charge is 0.481 e. The third-order valence-corrected chi connectivity index (χ3v) is 3.08. The maximum absolute atomic E-state index is 10.3. The quantitative estimate of drug-likeness (QED) is 0.743. The van der Waals surface area contributed by atoms with Crippen LogP contribution in [0.15, 0.2) is 21.9 Å². The van der Waals surface area contributed by atoms with Gasteiger partial charge in [-0.15, -0.1) is 21.5 Å². The van der Waals surface area contributed by atoms with Gasteiger partial charge < -0.3 is 14.8 Å². The van der Waals surface area contributed by atoms with E-state index in [1.54, 1.807) is 11.3 Å². The molecule has 18 heavy (non-hydrogen) atoms. The second kappa shape index (κ2) is 6.27. The van der Waals surface area contributed by atoms with Crippen molar-refractivity contribution in [1.82, 2.24) is 15.5 Å². The number of carbonyl (C=O) groups is 1. The average molecular weight is 267 g/mol. The number of carboxylic acids is 1. The molecule has 0 unspecified atom stereocenters. The van der Waals surface area contributed by atoms with Gasteiger partial charge in [-0.1, -0.05) is 6.07 Å². The average Bonchev–Trinajstić information content (AvgIpc) is 2.98. The molecule has 7 heteroatoms. The Labute approximate surface area is 108 Å². The van der Waals surface area contributed by atoms with Crippen molar-refractivity contribution in [2.24, 2.45) is 0 Å². The van der Waals surface area contributed by atoms with Gasteiger partial charge in [0.2, 0.25) is 5.89 Å². The summed E-state index contributed by atoms with van der Waals surface area (Å²) in [6, 6.07) is 3.84. The fourth-order valence-corrected chi connectivity index (χ4v) is 2.03. The molecule has 6 nitrogen and oxygen atoms in total. The number of hydrogen-bond donors (Lipinski definition) is 2. The second-order valence-electron chi connectivity index (χ2n) is 3.65. The van der Waals surface area contributed by atoms with Gasteiger partial charge in [0.25, 0.3) is 5.89 Å². The Morgan fingerprint density at radius 1 is 1.50 bits per heavy atom. The molecular weight excluding hydrogens is 254 g/mol. The van der Waals surface area contributed by atoms with E-state index in [4.69, 9.17) is 9.52 Å². The van der Waals surface area contributed by atoms with Crippen molar-refractivity contribution < 1.29 is 14.3 Å². The lowest BCUT2D eigenvalue weighted by Crippen LogP contribution is -2.15. The summed E-state index contributed by atoms with van der Waals surface area (Å²) in [5, 5.41) is 21.3. The van der Waals surface area contributed by atoms with E-state index in [-0.39, 0.29) is 6.42 Å². The Hall–Kier alpha value is -1.73. The molecule has 0 atom stereocenters. The van der Waals surface area contributed by atoms with Crippen molar-refractivity contribution in [3.05, 3.63) is 23.4 Å². The number of carboxylic acid groups (broad SMARTS) is 1. The van der Waals surface area contributed by atoms with E-state index in [1.165, 1.54) is 0 Å². The van der Waals surface area contributed by atoms with E-state index in [2.05, 4.69) is 15.5 Å². The summed E-state index contributed by atoms with van der Waals surface area (Å²) < 4.78 is 5.47. The highest BCUT2D eigenvalue weighted by Gasteiger charge is 2.08. The van der Waals surface area contributed by atoms with Gasteiger partial charge in [0, 0.05) is 6.42 Å². The van der Waals surface area contributed by atoms with Crippen molar-refractivity contribution in [3.8, 4) is 10.8 Å². The molecule has 2 aromatic rings. The SMILES string of the molecule is O=C(O)CCCNCc1nnc(-c2cccs2)o1. The number of thiophene rings is 1. The van der Waals surface area contributed by atoms with Crippen LogP contribution < -0.4 is 5.32 Å². The van der Waals surface area contributed by atoms with Crippen LogP contribution in [0.25, 0.3) is 10.8 Å². The van der Waals surface area contributed by atoms with Gasteiger partial charge in [0.1, 0.15) is 0 Å². The van der Waals surface area contributed by atoms with Crippen molar-refractivity contribution in [2.45, 2.75) is 19.4 Å². The Balaban J connectivity index is 1.76. The summed E-state index contributed by atoms with van der Waals surface area (Å²) in [6.07, 6.45) is 0.749. The molecule has 0 fully saturated rings. The molecule has 0 aromatic carbocycles. The van der Waals surface area contributed by atoms with E-state index >= 15 is 0 Å². The standard InChI is InChI=1S/C11H13N3O3S/c15-10(16)4-1-5-12-7-9-13-14-11(17-9)8-3-2-6-18-8/h2-3,6,12H,1,4-5,7H2,(H,15,16). The first-order valence-corrected chi connectivity index (χ1v) is 6.42. The first-order chi connectivity index (χ1) is 8.75. The Bertz CT molecular complexity index is 495. The van der Waals surface area contributed by atoms with E-state index in [0.29, 0.717) is 31.3 Å². The molecule has 0 bridgehead atoms. The summed E-state index contributed by atoms with van der Waals surface area (Å²) in [4.78, 5) is 11.2. The van der Waals surface area contributed by atoms with E-state index < -0.39 is 5.97 Å². The first-order valence-electron chi connectivity index (χ1n) is 5.54. The molecule has 2 heterocycles. The van der Waals surface area contributed by atoms with E-state index in [1.807, 2.05) is 17.5 Å². The molecule has 0 spiro atoms. The molecular formula is C11H13N3O3S. The number of rotatable bonds is 7. The second-order valence-corrected chi connectivity index (χ2v) is 4.60. The van der Waals surface area contributed by atoms with E-state index in [9.17, 15) is 4.79 Å². The molecule has 2 aromatic heterocycles. The van der Waals surface area contributed by atoms with Crippen molar-refractivity contribution in [1.29, 1.82) is 0 Å². The van der Waals surface area contributed by atoms with Crippen LogP contribution in [0.5, 0.6) is 0 Å². The van der Waals surface area contributed by atoms with Crippen molar-refractivity contribution in [3.63, 3.8) is 0 Å². The zero-order chi connectivity index (χ0) is 12.8. The topological polar surface area (TPSA) is 88.2 Å². The maximum Gasteiger partial charge on any atom is 0.303 e. The number of aliphatic carboxylic acids is 1. The van der Waals surface area contributed by atoms with Crippen molar-refractivity contribution in [2.75, 3.05) is 6.54 Å². The highest BCUT2D eigenvalue weighted by Crippen LogP contribution is 2.22. The molecule has 96 valence electrons. The molecule has 0 radical (unpaired) electrons. The molecule has 0 aliphatic carbocycles. The van der Waals surface area contributed by atoms with Gasteiger partial charge in [0.05, 0.1) is 11.4 Å². The highest BCUT2D eigenvalue weighted by molar-refractivity contribution is 7.13. The van der Waals surface area contributed by atoms with Crippen LogP contribution >= 0.6 is 11.3 Å². The predicted octanol–water partition coefficient (Wildman–Crippen LogP) is 1.75. The van der Waals surface area contributed by atoms with Gasteiger partial charge in [-0.2, -0.15) is 0 Å². The lowest BCUT2D eigenvalue weighted by atomic mass is 10.3. The molecule has 0 saturated carbocycles.